The SMILES string of the molecule is CCCNC(=O)[C@H](C)N(Cc1ccccc1Cl)C(=O)CN(c1cc(C)ccc1C)S(=O)(=O)N(C)C. The first-order valence-electron chi connectivity index (χ1n) is 11.5. The summed E-state index contributed by atoms with van der Waals surface area (Å²) in [5, 5.41) is 3.27. The van der Waals surface area contributed by atoms with Gasteiger partial charge in [0.1, 0.15) is 12.6 Å². The van der Waals surface area contributed by atoms with Crippen LogP contribution < -0.4 is 9.62 Å². The molecule has 0 unspecified atom stereocenters. The third-order valence-electron chi connectivity index (χ3n) is 5.67. The number of hydrogen-bond donors (Lipinski definition) is 1. The molecule has 2 rings (SSSR count). The van der Waals surface area contributed by atoms with E-state index in [9.17, 15) is 18.0 Å². The number of rotatable bonds is 11. The summed E-state index contributed by atoms with van der Waals surface area (Å²) < 4.78 is 28.7. The van der Waals surface area contributed by atoms with Gasteiger partial charge in [-0.25, -0.2) is 4.31 Å². The predicted molar refractivity (Wildman–Crippen MR) is 141 cm³/mol. The standard InChI is InChI=1S/C25H35ClN4O4S/c1-7-14-27-25(32)20(4)29(16-21-10-8-9-11-22(21)26)24(31)17-30(35(33,34)28(5)6)23-15-18(2)12-13-19(23)3/h8-13,15,20H,7,14,16-17H2,1-6H3,(H,27,32)/t20-/m0/s1. The smallest absolute Gasteiger partial charge is 0.304 e. The maximum Gasteiger partial charge on any atom is 0.304 e. The van der Waals surface area contributed by atoms with Crippen molar-refractivity contribution in [2.75, 3.05) is 31.5 Å². The number of nitrogens with zero attached hydrogens (tertiary/aromatic N) is 3. The summed E-state index contributed by atoms with van der Waals surface area (Å²) in [6, 6.07) is 11.7. The topological polar surface area (TPSA) is 90.0 Å². The Labute approximate surface area is 214 Å². The van der Waals surface area contributed by atoms with Crippen LogP contribution in [-0.4, -0.2) is 62.7 Å². The average Bonchev–Trinajstić information content (AvgIpc) is 2.81. The molecule has 0 aliphatic carbocycles. The second-order valence-electron chi connectivity index (χ2n) is 8.67. The first kappa shape index (κ1) is 28.6. The number of aryl methyl sites for hydroxylation is 2. The lowest BCUT2D eigenvalue weighted by molar-refractivity contribution is -0.139. The third-order valence-corrected chi connectivity index (χ3v) is 7.84. The van der Waals surface area contributed by atoms with E-state index in [0.29, 0.717) is 28.4 Å². The number of carbonyl (C=O) groups is 2. The van der Waals surface area contributed by atoms with E-state index in [1.807, 2.05) is 26.0 Å². The summed E-state index contributed by atoms with van der Waals surface area (Å²) in [4.78, 5) is 27.9. The van der Waals surface area contributed by atoms with Crippen molar-refractivity contribution in [1.29, 1.82) is 0 Å². The van der Waals surface area contributed by atoms with Crippen molar-refractivity contribution >= 4 is 39.3 Å². The molecule has 35 heavy (non-hydrogen) atoms. The zero-order valence-corrected chi connectivity index (χ0v) is 22.8. The zero-order valence-electron chi connectivity index (χ0n) is 21.2. The summed E-state index contributed by atoms with van der Waals surface area (Å²) in [6.45, 7) is 7.27. The molecular weight excluding hydrogens is 488 g/mol. The maximum absolute atomic E-state index is 13.7. The molecule has 1 N–H and O–H groups in total. The monoisotopic (exact) mass is 522 g/mol. The number of carbonyl (C=O) groups excluding carboxylic acids is 2. The van der Waals surface area contributed by atoms with Crippen molar-refractivity contribution in [1.82, 2.24) is 14.5 Å². The quantitative estimate of drug-likeness (QED) is 0.489. The fourth-order valence-corrected chi connectivity index (χ4v) is 4.79. The largest absolute Gasteiger partial charge is 0.354 e. The third kappa shape index (κ3) is 7.19. The molecule has 2 amide bonds. The van der Waals surface area contributed by atoms with Crippen molar-refractivity contribution in [2.24, 2.45) is 0 Å². The summed E-state index contributed by atoms with van der Waals surface area (Å²) >= 11 is 6.34. The van der Waals surface area contributed by atoms with E-state index in [2.05, 4.69) is 5.32 Å². The van der Waals surface area contributed by atoms with Crippen LogP contribution >= 0.6 is 11.6 Å². The molecule has 0 aromatic heterocycles. The Morgan fingerprint density at radius 3 is 2.34 bits per heavy atom. The Morgan fingerprint density at radius 1 is 1.09 bits per heavy atom. The highest BCUT2D eigenvalue weighted by Gasteiger charge is 2.33. The molecule has 0 fully saturated rings. The molecule has 0 spiro atoms. The first-order valence-corrected chi connectivity index (χ1v) is 13.3. The molecule has 0 saturated carbocycles. The van der Waals surface area contributed by atoms with Crippen LogP contribution in [0.3, 0.4) is 0 Å². The van der Waals surface area contributed by atoms with E-state index in [4.69, 9.17) is 11.6 Å². The Balaban J connectivity index is 2.51. The second kappa shape index (κ2) is 12.4. The molecule has 192 valence electrons. The van der Waals surface area contributed by atoms with Gasteiger partial charge in [-0.15, -0.1) is 0 Å². The number of hydrogen-bond acceptors (Lipinski definition) is 4. The molecule has 0 heterocycles. The average molecular weight is 523 g/mol. The van der Waals surface area contributed by atoms with E-state index < -0.39 is 28.7 Å². The van der Waals surface area contributed by atoms with Crippen LogP contribution in [0.25, 0.3) is 0 Å². The maximum atomic E-state index is 13.7. The van der Waals surface area contributed by atoms with Gasteiger partial charge in [0.2, 0.25) is 11.8 Å². The van der Waals surface area contributed by atoms with Gasteiger partial charge in [0, 0.05) is 32.2 Å². The van der Waals surface area contributed by atoms with Crippen molar-refractivity contribution in [3.63, 3.8) is 0 Å². The van der Waals surface area contributed by atoms with Crippen LogP contribution in [0, 0.1) is 13.8 Å². The highest BCUT2D eigenvalue weighted by molar-refractivity contribution is 7.90. The Hall–Kier alpha value is -2.62. The minimum Gasteiger partial charge on any atom is -0.354 e. The predicted octanol–water partition coefficient (Wildman–Crippen LogP) is 3.51. The summed E-state index contributed by atoms with van der Waals surface area (Å²) in [5.74, 6) is -0.837. The van der Waals surface area contributed by atoms with Gasteiger partial charge in [-0.1, -0.05) is 48.9 Å². The minimum atomic E-state index is -4.01. The summed E-state index contributed by atoms with van der Waals surface area (Å²) in [6.07, 6.45) is 0.748. The number of amides is 2. The van der Waals surface area contributed by atoms with E-state index in [-0.39, 0.29) is 12.5 Å². The normalized spacial score (nSPS) is 12.3. The zero-order chi connectivity index (χ0) is 26.3. The van der Waals surface area contributed by atoms with Crippen molar-refractivity contribution in [3.05, 3.63) is 64.2 Å². The van der Waals surface area contributed by atoms with Gasteiger partial charge in [-0.3, -0.25) is 9.59 Å². The summed E-state index contributed by atoms with van der Waals surface area (Å²) in [5.41, 5.74) is 2.64. The molecule has 1 atom stereocenters. The van der Waals surface area contributed by atoms with Crippen molar-refractivity contribution in [2.45, 2.75) is 46.7 Å². The van der Waals surface area contributed by atoms with E-state index in [1.165, 1.54) is 19.0 Å². The minimum absolute atomic E-state index is 0.0574. The Bertz CT molecular complexity index is 1150. The van der Waals surface area contributed by atoms with Crippen LogP contribution in [0.15, 0.2) is 42.5 Å². The highest BCUT2D eigenvalue weighted by atomic mass is 35.5. The van der Waals surface area contributed by atoms with E-state index >= 15 is 0 Å². The summed E-state index contributed by atoms with van der Waals surface area (Å²) in [7, 11) is -1.17. The van der Waals surface area contributed by atoms with E-state index in [1.54, 1.807) is 44.2 Å². The Kier molecular flexibility index (Phi) is 10.1. The molecule has 0 saturated heterocycles. The van der Waals surface area contributed by atoms with E-state index in [0.717, 1.165) is 20.6 Å². The fraction of sp³-hybridized carbons (Fsp3) is 0.440. The molecule has 0 aliphatic rings. The lowest BCUT2D eigenvalue weighted by atomic mass is 10.1. The Morgan fingerprint density at radius 2 is 1.74 bits per heavy atom. The van der Waals surface area contributed by atoms with Gasteiger partial charge >= 0.3 is 10.2 Å². The molecule has 2 aromatic rings. The van der Waals surface area contributed by atoms with Gasteiger partial charge in [-0.05, 0) is 56.0 Å². The lowest BCUT2D eigenvalue weighted by Crippen LogP contribution is -2.52. The van der Waals surface area contributed by atoms with Crippen LogP contribution in [0.5, 0.6) is 0 Å². The van der Waals surface area contributed by atoms with Gasteiger partial charge in [0.25, 0.3) is 0 Å². The van der Waals surface area contributed by atoms with Crippen LogP contribution in [-0.2, 0) is 26.3 Å². The van der Waals surface area contributed by atoms with Crippen LogP contribution in [0.2, 0.25) is 5.02 Å². The molecule has 8 nitrogen and oxygen atoms in total. The highest BCUT2D eigenvalue weighted by Crippen LogP contribution is 2.26. The van der Waals surface area contributed by atoms with Crippen LogP contribution in [0.1, 0.15) is 37.0 Å². The molecule has 0 aliphatic heterocycles. The number of halogens is 1. The lowest BCUT2D eigenvalue weighted by Gasteiger charge is -2.33. The van der Waals surface area contributed by atoms with Gasteiger partial charge < -0.3 is 10.2 Å². The number of benzene rings is 2. The molecular formula is C25H35ClN4O4S. The van der Waals surface area contributed by atoms with Gasteiger partial charge in [-0.2, -0.15) is 12.7 Å². The van der Waals surface area contributed by atoms with Crippen molar-refractivity contribution < 1.29 is 18.0 Å². The van der Waals surface area contributed by atoms with Gasteiger partial charge in [0.05, 0.1) is 5.69 Å². The first-order chi connectivity index (χ1) is 16.4. The number of nitrogens with one attached hydrogen (secondary N) is 1. The second-order valence-corrected chi connectivity index (χ2v) is 11.1. The van der Waals surface area contributed by atoms with Crippen LogP contribution in [0.4, 0.5) is 5.69 Å². The molecule has 2 aromatic carbocycles. The molecule has 10 heteroatoms. The molecule has 0 bridgehead atoms. The number of anilines is 1. The molecule has 0 radical (unpaired) electrons. The fourth-order valence-electron chi connectivity index (χ4n) is 3.48. The van der Waals surface area contributed by atoms with Gasteiger partial charge in [0.15, 0.2) is 0 Å². The van der Waals surface area contributed by atoms with Crippen molar-refractivity contribution in [3.8, 4) is 0 Å².